The molecule has 0 aliphatic carbocycles. The van der Waals surface area contributed by atoms with Crippen LogP contribution in [0.15, 0.2) is 0 Å². The minimum Gasteiger partial charge on any atom is -0.480 e. The van der Waals surface area contributed by atoms with E-state index in [1.807, 2.05) is 0 Å². The number of carboxylic acids is 1. The predicted octanol–water partition coefficient (Wildman–Crippen LogP) is 6.94. The molecule has 0 radical (unpaired) electrons. The van der Waals surface area contributed by atoms with Crippen LogP contribution in [-0.4, -0.2) is 35.6 Å². The summed E-state index contributed by atoms with van der Waals surface area (Å²) >= 11 is 0. The standard InChI is InChI=1S/C27H51NO5/c1-3-5-7-8-9-10-11-12-13-18-22-27(32)33-24(19-15-6-4-2)20-16-14-17-21-25(29)28-23-26(30)31/h24H,3-23H2,1-2H3,(H,28,29)(H,30,31). The minimum atomic E-state index is -1.03. The van der Waals surface area contributed by atoms with Gasteiger partial charge in [0.05, 0.1) is 0 Å². The summed E-state index contributed by atoms with van der Waals surface area (Å²) < 4.78 is 5.79. The Morgan fingerprint density at radius 1 is 0.667 bits per heavy atom. The lowest BCUT2D eigenvalue weighted by Crippen LogP contribution is -2.28. The van der Waals surface area contributed by atoms with E-state index in [1.165, 1.54) is 51.4 Å². The normalized spacial score (nSPS) is 11.8. The Bertz CT molecular complexity index is 495. The number of esters is 1. The van der Waals surface area contributed by atoms with Gasteiger partial charge in [0.25, 0.3) is 0 Å². The maximum Gasteiger partial charge on any atom is 0.322 e. The van der Waals surface area contributed by atoms with E-state index in [9.17, 15) is 14.4 Å². The van der Waals surface area contributed by atoms with Crippen molar-refractivity contribution in [1.29, 1.82) is 0 Å². The van der Waals surface area contributed by atoms with Gasteiger partial charge in [-0.2, -0.15) is 0 Å². The summed E-state index contributed by atoms with van der Waals surface area (Å²) in [5, 5.41) is 11.0. The first-order valence-electron chi connectivity index (χ1n) is 13.7. The summed E-state index contributed by atoms with van der Waals surface area (Å²) in [6.07, 6.45) is 21.0. The second-order valence-electron chi connectivity index (χ2n) is 9.31. The van der Waals surface area contributed by atoms with Gasteiger partial charge in [0.1, 0.15) is 12.6 Å². The molecule has 0 aromatic heterocycles. The number of carbonyl (C=O) groups excluding carboxylic acids is 2. The number of amides is 1. The lowest BCUT2D eigenvalue weighted by Gasteiger charge is -2.18. The van der Waals surface area contributed by atoms with Crippen molar-refractivity contribution in [3.63, 3.8) is 0 Å². The van der Waals surface area contributed by atoms with E-state index in [0.29, 0.717) is 12.8 Å². The second kappa shape index (κ2) is 23.6. The zero-order valence-electron chi connectivity index (χ0n) is 21.5. The van der Waals surface area contributed by atoms with E-state index in [-0.39, 0.29) is 24.5 Å². The van der Waals surface area contributed by atoms with Gasteiger partial charge in [0.2, 0.25) is 5.91 Å². The Labute approximate surface area is 202 Å². The molecule has 0 spiro atoms. The van der Waals surface area contributed by atoms with Crippen LogP contribution in [0.3, 0.4) is 0 Å². The topological polar surface area (TPSA) is 92.7 Å². The number of nitrogens with one attached hydrogen (secondary N) is 1. The number of ether oxygens (including phenoxy) is 1. The average Bonchev–Trinajstić information content (AvgIpc) is 2.78. The van der Waals surface area contributed by atoms with Gasteiger partial charge >= 0.3 is 11.9 Å². The highest BCUT2D eigenvalue weighted by Crippen LogP contribution is 2.17. The fourth-order valence-electron chi connectivity index (χ4n) is 3.98. The lowest BCUT2D eigenvalue weighted by atomic mass is 10.0. The molecule has 0 bridgehead atoms. The first-order chi connectivity index (χ1) is 16.0. The van der Waals surface area contributed by atoms with Crippen molar-refractivity contribution in [3.05, 3.63) is 0 Å². The molecule has 1 atom stereocenters. The molecule has 0 fully saturated rings. The van der Waals surface area contributed by atoms with Crippen molar-refractivity contribution in [3.8, 4) is 0 Å². The van der Waals surface area contributed by atoms with E-state index in [0.717, 1.165) is 64.2 Å². The van der Waals surface area contributed by atoms with Crippen LogP contribution in [0.25, 0.3) is 0 Å². The van der Waals surface area contributed by atoms with Crippen molar-refractivity contribution in [2.24, 2.45) is 0 Å². The summed E-state index contributed by atoms with van der Waals surface area (Å²) in [5.74, 6) is -1.32. The summed E-state index contributed by atoms with van der Waals surface area (Å²) in [7, 11) is 0. The van der Waals surface area contributed by atoms with Crippen LogP contribution in [0, 0.1) is 0 Å². The van der Waals surface area contributed by atoms with Crippen LogP contribution >= 0.6 is 0 Å². The first kappa shape index (κ1) is 31.4. The smallest absolute Gasteiger partial charge is 0.322 e. The highest BCUT2D eigenvalue weighted by molar-refractivity contribution is 5.80. The molecule has 1 unspecified atom stereocenters. The van der Waals surface area contributed by atoms with Gasteiger partial charge in [0, 0.05) is 12.8 Å². The highest BCUT2D eigenvalue weighted by Gasteiger charge is 2.14. The van der Waals surface area contributed by atoms with Gasteiger partial charge in [-0.05, 0) is 38.5 Å². The number of carbonyl (C=O) groups is 3. The molecule has 0 aliphatic heterocycles. The molecular weight excluding hydrogens is 418 g/mol. The number of aliphatic carboxylic acids is 1. The molecule has 194 valence electrons. The van der Waals surface area contributed by atoms with Crippen molar-refractivity contribution in [2.45, 2.75) is 148 Å². The Kier molecular flexibility index (Phi) is 22.4. The van der Waals surface area contributed by atoms with Gasteiger partial charge < -0.3 is 15.2 Å². The SMILES string of the molecule is CCCCCCCCCCCCC(=O)OC(CCCCC)CCCCCC(=O)NCC(=O)O. The lowest BCUT2D eigenvalue weighted by molar-refractivity contribution is -0.150. The molecule has 33 heavy (non-hydrogen) atoms. The third kappa shape index (κ3) is 23.4. The molecule has 0 heterocycles. The number of rotatable bonds is 24. The summed E-state index contributed by atoms with van der Waals surface area (Å²) in [5.41, 5.74) is 0. The van der Waals surface area contributed by atoms with Crippen LogP contribution in [0.2, 0.25) is 0 Å². The summed E-state index contributed by atoms with van der Waals surface area (Å²) in [6.45, 7) is 4.09. The van der Waals surface area contributed by atoms with E-state index < -0.39 is 5.97 Å². The van der Waals surface area contributed by atoms with Gasteiger partial charge in [-0.3, -0.25) is 14.4 Å². The quantitative estimate of drug-likeness (QED) is 0.118. The highest BCUT2D eigenvalue weighted by atomic mass is 16.5. The largest absolute Gasteiger partial charge is 0.480 e. The third-order valence-corrected chi connectivity index (χ3v) is 6.03. The van der Waals surface area contributed by atoms with Crippen LogP contribution < -0.4 is 5.32 Å². The Morgan fingerprint density at radius 2 is 1.12 bits per heavy atom. The average molecular weight is 470 g/mol. The van der Waals surface area contributed by atoms with Crippen molar-refractivity contribution >= 4 is 17.8 Å². The fourth-order valence-corrected chi connectivity index (χ4v) is 3.98. The zero-order valence-corrected chi connectivity index (χ0v) is 21.5. The van der Waals surface area contributed by atoms with Gasteiger partial charge in [-0.1, -0.05) is 90.9 Å². The third-order valence-electron chi connectivity index (χ3n) is 6.03. The number of carboxylic acid groups (broad SMARTS) is 1. The first-order valence-corrected chi connectivity index (χ1v) is 13.7. The van der Waals surface area contributed by atoms with Crippen LogP contribution in [0.4, 0.5) is 0 Å². The Hall–Kier alpha value is -1.59. The Morgan fingerprint density at radius 3 is 1.70 bits per heavy atom. The van der Waals surface area contributed by atoms with E-state index >= 15 is 0 Å². The summed E-state index contributed by atoms with van der Waals surface area (Å²) in [4.78, 5) is 34.3. The van der Waals surface area contributed by atoms with Crippen LogP contribution in [0.1, 0.15) is 142 Å². The fraction of sp³-hybridized carbons (Fsp3) is 0.889. The molecule has 0 saturated heterocycles. The molecule has 0 aliphatic rings. The molecule has 0 aromatic rings. The van der Waals surface area contributed by atoms with Gasteiger partial charge in [0.15, 0.2) is 0 Å². The predicted molar refractivity (Wildman–Crippen MR) is 134 cm³/mol. The van der Waals surface area contributed by atoms with Gasteiger partial charge in [-0.25, -0.2) is 0 Å². The number of hydrogen-bond acceptors (Lipinski definition) is 4. The second-order valence-corrected chi connectivity index (χ2v) is 9.31. The van der Waals surface area contributed by atoms with Crippen molar-refractivity contribution in [2.75, 3.05) is 6.54 Å². The monoisotopic (exact) mass is 469 g/mol. The maximum absolute atomic E-state index is 12.3. The molecule has 0 saturated carbocycles. The van der Waals surface area contributed by atoms with Crippen molar-refractivity contribution < 1.29 is 24.2 Å². The molecule has 6 heteroatoms. The van der Waals surface area contributed by atoms with Crippen molar-refractivity contribution in [1.82, 2.24) is 5.32 Å². The van der Waals surface area contributed by atoms with E-state index in [2.05, 4.69) is 19.2 Å². The summed E-state index contributed by atoms with van der Waals surface area (Å²) in [6, 6.07) is 0. The van der Waals surface area contributed by atoms with Crippen LogP contribution in [-0.2, 0) is 19.1 Å². The minimum absolute atomic E-state index is 0.0204. The number of unbranched alkanes of at least 4 members (excludes halogenated alkanes) is 13. The molecule has 2 N–H and O–H groups in total. The maximum atomic E-state index is 12.3. The molecule has 0 rings (SSSR count). The molecular formula is C27H51NO5. The molecule has 0 aromatic carbocycles. The molecule has 1 amide bonds. The van der Waals surface area contributed by atoms with Crippen LogP contribution in [0.5, 0.6) is 0 Å². The van der Waals surface area contributed by atoms with E-state index in [4.69, 9.17) is 9.84 Å². The Balaban J connectivity index is 3.92. The molecule has 6 nitrogen and oxygen atoms in total. The van der Waals surface area contributed by atoms with Gasteiger partial charge in [-0.15, -0.1) is 0 Å². The number of hydrogen-bond donors (Lipinski definition) is 2. The van der Waals surface area contributed by atoms with E-state index in [1.54, 1.807) is 0 Å². The zero-order chi connectivity index (χ0) is 24.6.